The van der Waals surface area contributed by atoms with Gasteiger partial charge in [0.25, 0.3) is 0 Å². The Morgan fingerprint density at radius 2 is 1.79 bits per heavy atom. The molecule has 0 atom stereocenters. The monoisotopic (exact) mass is 411 g/mol. The Hall–Kier alpha value is -2.93. The molecule has 1 aliphatic rings. The summed E-state index contributed by atoms with van der Waals surface area (Å²) in [6.07, 6.45) is 6.77. The summed E-state index contributed by atoms with van der Waals surface area (Å²) >= 11 is 6.22. The van der Waals surface area contributed by atoms with Gasteiger partial charge in [-0.05, 0) is 37.8 Å². The van der Waals surface area contributed by atoms with Gasteiger partial charge in [-0.15, -0.1) is 0 Å². The highest BCUT2D eigenvalue weighted by Gasteiger charge is 2.24. The van der Waals surface area contributed by atoms with Crippen LogP contribution in [0.15, 0.2) is 36.8 Å². The number of hydrogen-bond acceptors (Lipinski definition) is 5. The number of rotatable bonds is 5. The summed E-state index contributed by atoms with van der Waals surface area (Å²) in [6, 6.07) is 7.44. The molecule has 8 heteroatoms. The maximum atomic E-state index is 13.1. The fraction of sp³-hybridized carbons (Fsp3) is 0.333. The van der Waals surface area contributed by atoms with E-state index in [-0.39, 0.29) is 23.8 Å². The number of aromatic amines is 1. The lowest BCUT2D eigenvalue weighted by Crippen LogP contribution is -2.39. The topological polar surface area (TPSA) is 99.8 Å². The number of nitrogens with zero attached hydrogens (tertiary/aromatic N) is 2. The molecule has 2 aromatic heterocycles. The van der Waals surface area contributed by atoms with Crippen LogP contribution in [0.2, 0.25) is 5.02 Å². The maximum Gasteiger partial charge on any atom is 0.217 e. The largest absolute Gasteiger partial charge is 0.367 e. The highest BCUT2D eigenvalue weighted by Crippen LogP contribution is 2.30. The Bertz CT molecular complexity index is 1060. The van der Waals surface area contributed by atoms with E-state index in [1.807, 2.05) is 0 Å². The van der Waals surface area contributed by atoms with Gasteiger partial charge in [-0.1, -0.05) is 23.7 Å². The Kier molecular flexibility index (Phi) is 5.49. The van der Waals surface area contributed by atoms with Gasteiger partial charge in [0.2, 0.25) is 5.91 Å². The van der Waals surface area contributed by atoms with Crippen molar-refractivity contribution >= 4 is 40.1 Å². The number of amides is 1. The molecule has 3 N–H and O–H groups in total. The molecular formula is C21H22ClN5O2. The van der Waals surface area contributed by atoms with E-state index < -0.39 is 0 Å². The van der Waals surface area contributed by atoms with Crippen LogP contribution < -0.4 is 10.6 Å². The lowest BCUT2D eigenvalue weighted by molar-refractivity contribution is -0.119. The Morgan fingerprint density at radius 3 is 2.52 bits per heavy atom. The van der Waals surface area contributed by atoms with E-state index in [1.165, 1.54) is 6.33 Å². The fourth-order valence-corrected chi connectivity index (χ4v) is 4.13. The first-order valence-electron chi connectivity index (χ1n) is 9.68. The van der Waals surface area contributed by atoms with E-state index in [0.29, 0.717) is 33.0 Å². The predicted molar refractivity (Wildman–Crippen MR) is 112 cm³/mol. The Balaban J connectivity index is 1.58. The molecule has 0 aliphatic heterocycles. The van der Waals surface area contributed by atoms with Crippen molar-refractivity contribution in [2.45, 2.75) is 44.7 Å². The van der Waals surface area contributed by atoms with Crippen LogP contribution in [0.5, 0.6) is 0 Å². The van der Waals surface area contributed by atoms with Gasteiger partial charge in [-0.2, -0.15) is 0 Å². The third-order valence-corrected chi connectivity index (χ3v) is 5.64. The number of aromatic nitrogens is 3. The summed E-state index contributed by atoms with van der Waals surface area (Å²) in [5.74, 6) is 0.470. The minimum absolute atomic E-state index is 0.00830. The number of carbonyl (C=O) groups is 2. The first-order valence-corrected chi connectivity index (χ1v) is 10.1. The first kappa shape index (κ1) is 19.4. The van der Waals surface area contributed by atoms with Crippen molar-refractivity contribution < 1.29 is 9.59 Å². The maximum absolute atomic E-state index is 13.1. The second kappa shape index (κ2) is 8.21. The molecule has 0 bridgehead atoms. The number of benzene rings is 1. The van der Waals surface area contributed by atoms with Crippen LogP contribution in [0.1, 0.15) is 48.5 Å². The lowest BCUT2D eigenvalue weighted by Gasteiger charge is -2.29. The molecule has 1 aliphatic carbocycles. The molecule has 4 rings (SSSR count). The molecule has 29 heavy (non-hydrogen) atoms. The predicted octanol–water partition coefficient (Wildman–Crippen LogP) is 3.70. The van der Waals surface area contributed by atoms with E-state index in [4.69, 9.17) is 11.6 Å². The van der Waals surface area contributed by atoms with Crippen molar-refractivity contribution in [2.75, 3.05) is 5.32 Å². The van der Waals surface area contributed by atoms with E-state index in [2.05, 4.69) is 25.6 Å². The van der Waals surface area contributed by atoms with Crippen molar-refractivity contribution in [2.24, 2.45) is 0 Å². The van der Waals surface area contributed by atoms with Crippen molar-refractivity contribution in [3.05, 3.63) is 52.9 Å². The number of halogens is 1. The summed E-state index contributed by atoms with van der Waals surface area (Å²) in [5, 5.41) is 7.54. The quantitative estimate of drug-likeness (QED) is 0.556. The molecule has 0 saturated heterocycles. The van der Waals surface area contributed by atoms with E-state index in [9.17, 15) is 9.59 Å². The molecule has 3 aromatic rings. The zero-order chi connectivity index (χ0) is 20.4. The van der Waals surface area contributed by atoms with Crippen LogP contribution >= 0.6 is 11.6 Å². The van der Waals surface area contributed by atoms with Gasteiger partial charge in [0.15, 0.2) is 5.78 Å². The number of fused-ring (bicyclic) bond motifs is 1. The number of H-pyrrole nitrogens is 1. The van der Waals surface area contributed by atoms with Gasteiger partial charge >= 0.3 is 0 Å². The second-order valence-electron chi connectivity index (χ2n) is 7.35. The Labute approximate surface area is 173 Å². The van der Waals surface area contributed by atoms with Crippen LogP contribution in [-0.2, 0) is 4.79 Å². The van der Waals surface area contributed by atoms with Crippen molar-refractivity contribution in [3.63, 3.8) is 0 Å². The summed E-state index contributed by atoms with van der Waals surface area (Å²) < 4.78 is 0. The van der Waals surface area contributed by atoms with Gasteiger partial charge in [-0.25, -0.2) is 9.97 Å². The number of ketones is 1. The van der Waals surface area contributed by atoms with E-state index >= 15 is 0 Å². The average Bonchev–Trinajstić information content (AvgIpc) is 3.14. The van der Waals surface area contributed by atoms with Crippen molar-refractivity contribution in [1.82, 2.24) is 20.3 Å². The second-order valence-corrected chi connectivity index (χ2v) is 7.76. The van der Waals surface area contributed by atoms with Crippen molar-refractivity contribution in [1.29, 1.82) is 0 Å². The standard InChI is InChI=1S/C21H22ClN5O2/c1-12(28)26-13-6-8-14(9-7-13)27-21-18-16(10-23-20(18)24-11-25-21)19(29)15-4-2-3-5-17(15)22/h2-5,10-11,13-14H,6-9H2,1H3,(H,26,28)(H2,23,24,25,27)/t13-,14-. The van der Waals surface area contributed by atoms with Gasteiger partial charge in [0.05, 0.1) is 16.0 Å². The van der Waals surface area contributed by atoms with Gasteiger partial charge in [0, 0.05) is 30.8 Å². The van der Waals surface area contributed by atoms with E-state index in [1.54, 1.807) is 37.4 Å². The minimum atomic E-state index is -0.172. The summed E-state index contributed by atoms with van der Waals surface area (Å²) in [5.41, 5.74) is 1.54. The third kappa shape index (κ3) is 4.10. The SMILES string of the molecule is CC(=O)N[C@H]1CC[C@H](Nc2ncnc3[nH]cc(C(=O)c4ccccc4Cl)c23)CC1. The highest BCUT2D eigenvalue weighted by molar-refractivity contribution is 6.35. The number of hydrogen-bond donors (Lipinski definition) is 3. The van der Waals surface area contributed by atoms with Crippen LogP contribution in [0.4, 0.5) is 5.82 Å². The third-order valence-electron chi connectivity index (χ3n) is 5.31. The fourth-order valence-electron chi connectivity index (χ4n) is 3.90. The molecule has 0 radical (unpaired) electrons. The van der Waals surface area contributed by atoms with Crippen molar-refractivity contribution in [3.8, 4) is 0 Å². The summed E-state index contributed by atoms with van der Waals surface area (Å²) in [7, 11) is 0. The molecule has 1 amide bonds. The Morgan fingerprint density at radius 1 is 1.07 bits per heavy atom. The van der Waals surface area contributed by atoms with Gasteiger partial charge in [-0.3, -0.25) is 9.59 Å². The lowest BCUT2D eigenvalue weighted by atomic mass is 9.91. The molecule has 150 valence electrons. The molecule has 7 nitrogen and oxygen atoms in total. The molecule has 1 fully saturated rings. The number of anilines is 1. The molecule has 0 spiro atoms. The highest BCUT2D eigenvalue weighted by atomic mass is 35.5. The van der Waals surface area contributed by atoms with E-state index in [0.717, 1.165) is 25.7 Å². The van der Waals surface area contributed by atoms with Gasteiger partial charge in [0.1, 0.15) is 17.8 Å². The smallest absolute Gasteiger partial charge is 0.217 e. The molecule has 0 unspecified atom stereocenters. The number of nitrogens with one attached hydrogen (secondary N) is 3. The van der Waals surface area contributed by atoms with Crippen LogP contribution in [0, 0.1) is 0 Å². The summed E-state index contributed by atoms with van der Waals surface area (Å²) in [4.78, 5) is 36.1. The summed E-state index contributed by atoms with van der Waals surface area (Å²) in [6.45, 7) is 1.55. The molecule has 1 saturated carbocycles. The molecule has 2 heterocycles. The van der Waals surface area contributed by atoms with Crippen LogP contribution in [-0.4, -0.2) is 38.7 Å². The normalized spacial score (nSPS) is 19.1. The minimum Gasteiger partial charge on any atom is -0.367 e. The molecular weight excluding hydrogens is 390 g/mol. The van der Waals surface area contributed by atoms with Crippen LogP contribution in [0.3, 0.4) is 0 Å². The first-order chi connectivity index (χ1) is 14.0. The average molecular weight is 412 g/mol. The number of carbonyl (C=O) groups excluding carboxylic acids is 2. The molecule has 1 aromatic carbocycles. The zero-order valence-corrected chi connectivity index (χ0v) is 16.8. The van der Waals surface area contributed by atoms with Gasteiger partial charge < -0.3 is 15.6 Å². The van der Waals surface area contributed by atoms with Crippen LogP contribution in [0.25, 0.3) is 11.0 Å². The zero-order valence-electron chi connectivity index (χ0n) is 16.0.